The number of thiophene rings is 1. The first kappa shape index (κ1) is 14.1. The zero-order valence-corrected chi connectivity index (χ0v) is 12.3. The molecular weight excluding hydrogens is 256 g/mol. The number of hydrogen-bond acceptors (Lipinski definition) is 3. The van der Waals surface area contributed by atoms with Crippen LogP contribution in [-0.4, -0.2) is 30.4 Å². The minimum Gasteiger partial charge on any atom is -0.338 e. The van der Waals surface area contributed by atoms with Gasteiger partial charge >= 0.3 is 0 Å². The molecule has 1 aromatic rings. The van der Waals surface area contributed by atoms with Crippen LogP contribution in [0.3, 0.4) is 0 Å². The number of carbonyl (C=O) groups excluding carboxylic acids is 1. The van der Waals surface area contributed by atoms with Crippen molar-refractivity contribution < 1.29 is 4.79 Å². The van der Waals surface area contributed by atoms with Crippen LogP contribution >= 0.6 is 11.3 Å². The molecule has 1 aromatic heterocycles. The summed E-state index contributed by atoms with van der Waals surface area (Å²) in [6.07, 6.45) is 2.53. The lowest BCUT2D eigenvalue weighted by atomic mass is 10.2. The molecule has 1 aliphatic rings. The Hall–Kier alpha value is -1.31. The molecule has 3 nitrogen and oxygen atoms in total. The van der Waals surface area contributed by atoms with E-state index in [4.69, 9.17) is 5.73 Å². The van der Waals surface area contributed by atoms with Crippen molar-refractivity contribution in [2.75, 3.05) is 19.6 Å². The Morgan fingerprint density at radius 1 is 1.58 bits per heavy atom. The molecule has 0 bridgehead atoms. The molecule has 1 heterocycles. The molecule has 4 heteroatoms. The van der Waals surface area contributed by atoms with E-state index in [1.165, 1.54) is 24.2 Å². The maximum atomic E-state index is 12.4. The molecule has 0 radical (unpaired) electrons. The predicted molar refractivity (Wildman–Crippen MR) is 79.3 cm³/mol. The number of rotatable bonds is 4. The van der Waals surface area contributed by atoms with Crippen molar-refractivity contribution in [2.24, 2.45) is 11.7 Å². The Morgan fingerprint density at radius 2 is 2.32 bits per heavy atom. The van der Waals surface area contributed by atoms with Gasteiger partial charge in [0.25, 0.3) is 5.91 Å². The number of carbonyl (C=O) groups is 1. The summed E-state index contributed by atoms with van der Waals surface area (Å²) in [6, 6.07) is 1.95. The Kier molecular flexibility index (Phi) is 4.62. The highest BCUT2D eigenvalue weighted by Crippen LogP contribution is 2.31. The molecule has 2 rings (SSSR count). The van der Waals surface area contributed by atoms with Gasteiger partial charge in [0.2, 0.25) is 0 Å². The molecule has 0 unspecified atom stereocenters. The maximum Gasteiger partial charge on any atom is 0.263 e. The molecule has 102 valence electrons. The minimum atomic E-state index is 0.142. The van der Waals surface area contributed by atoms with Gasteiger partial charge < -0.3 is 10.6 Å². The summed E-state index contributed by atoms with van der Waals surface area (Å²) < 4.78 is 0. The highest BCUT2D eigenvalue weighted by molar-refractivity contribution is 7.14. The Morgan fingerprint density at radius 3 is 2.89 bits per heavy atom. The fourth-order valence-electron chi connectivity index (χ4n) is 1.97. The highest BCUT2D eigenvalue weighted by atomic mass is 32.1. The summed E-state index contributed by atoms with van der Waals surface area (Å²) in [5, 5.41) is 0. The maximum absolute atomic E-state index is 12.4. The van der Waals surface area contributed by atoms with Crippen LogP contribution in [0.2, 0.25) is 0 Å². The van der Waals surface area contributed by atoms with Crippen LogP contribution in [0.1, 0.15) is 39.9 Å². The van der Waals surface area contributed by atoms with Crippen LogP contribution in [0.5, 0.6) is 0 Å². The van der Waals surface area contributed by atoms with E-state index in [-0.39, 0.29) is 5.91 Å². The summed E-state index contributed by atoms with van der Waals surface area (Å²) in [6.45, 7) is 6.05. The number of aryl methyl sites for hydroxylation is 1. The van der Waals surface area contributed by atoms with Gasteiger partial charge in [-0.1, -0.05) is 11.8 Å². The monoisotopic (exact) mass is 276 g/mol. The first-order chi connectivity index (χ1) is 9.15. The first-order valence-corrected chi connectivity index (χ1v) is 7.56. The van der Waals surface area contributed by atoms with Crippen molar-refractivity contribution in [3.63, 3.8) is 0 Å². The van der Waals surface area contributed by atoms with Crippen LogP contribution in [0.15, 0.2) is 6.07 Å². The largest absolute Gasteiger partial charge is 0.338 e. The van der Waals surface area contributed by atoms with Crippen molar-refractivity contribution in [3.05, 3.63) is 21.4 Å². The average molecular weight is 276 g/mol. The topological polar surface area (TPSA) is 46.3 Å². The van der Waals surface area contributed by atoms with E-state index >= 15 is 0 Å². The van der Waals surface area contributed by atoms with Crippen LogP contribution in [0.25, 0.3) is 0 Å². The van der Waals surface area contributed by atoms with Crippen molar-refractivity contribution in [3.8, 4) is 11.8 Å². The molecule has 0 aromatic carbocycles. The third-order valence-electron chi connectivity index (χ3n) is 3.28. The van der Waals surface area contributed by atoms with Crippen molar-refractivity contribution >= 4 is 17.2 Å². The van der Waals surface area contributed by atoms with E-state index in [1.807, 2.05) is 24.8 Å². The Labute approximate surface area is 118 Å². The molecule has 1 fully saturated rings. The number of nitrogens with zero attached hydrogens (tertiary/aromatic N) is 1. The molecule has 1 saturated carbocycles. The van der Waals surface area contributed by atoms with Gasteiger partial charge in [0.05, 0.1) is 16.3 Å². The van der Waals surface area contributed by atoms with Gasteiger partial charge in [0, 0.05) is 13.1 Å². The summed E-state index contributed by atoms with van der Waals surface area (Å²) in [5.74, 6) is 6.74. The lowest BCUT2D eigenvalue weighted by Gasteiger charge is -2.19. The van der Waals surface area contributed by atoms with Crippen LogP contribution in [0, 0.1) is 24.7 Å². The van der Waals surface area contributed by atoms with Crippen LogP contribution in [0.4, 0.5) is 0 Å². The predicted octanol–water partition coefficient (Wildman–Crippen LogP) is 2.24. The molecule has 1 aliphatic carbocycles. The Bertz CT molecular complexity index is 520. The van der Waals surface area contributed by atoms with Gasteiger partial charge in [-0.25, -0.2) is 0 Å². The smallest absolute Gasteiger partial charge is 0.263 e. The molecule has 19 heavy (non-hydrogen) atoms. The molecule has 0 spiro atoms. The standard InChI is InChI=1S/C15H20N2OS/c1-3-17(10-12-6-7-12)15(18)14-9-11(2)13(19-14)5-4-8-16/h9,12H,3,6-8,10,16H2,1-2H3. The van der Waals surface area contributed by atoms with Gasteiger partial charge in [0.1, 0.15) is 0 Å². The summed E-state index contributed by atoms with van der Waals surface area (Å²) in [7, 11) is 0. The molecule has 0 aliphatic heterocycles. The zero-order chi connectivity index (χ0) is 13.8. The second kappa shape index (κ2) is 6.23. The van der Waals surface area contributed by atoms with Gasteiger partial charge in [0.15, 0.2) is 0 Å². The summed E-state index contributed by atoms with van der Waals surface area (Å²) in [4.78, 5) is 16.1. The lowest BCUT2D eigenvalue weighted by Crippen LogP contribution is -2.32. The molecule has 0 atom stereocenters. The fourth-order valence-corrected chi connectivity index (χ4v) is 2.98. The van der Waals surface area contributed by atoms with Gasteiger partial charge in [-0.3, -0.25) is 4.79 Å². The quantitative estimate of drug-likeness (QED) is 0.857. The molecule has 1 amide bonds. The van der Waals surface area contributed by atoms with E-state index in [1.54, 1.807) is 0 Å². The van der Waals surface area contributed by atoms with E-state index in [2.05, 4.69) is 11.8 Å². The number of amides is 1. The van der Waals surface area contributed by atoms with E-state index in [0.29, 0.717) is 6.54 Å². The normalized spacial score (nSPS) is 13.8. The highest BCUT2D eigenvalue weighted by Gasteiger charge is 2.27. The first-order valence-electron chi connectivity index (χ1n) is 6.74. The Balaban J connectivity index is 2.13. The zero-order valence-electron chi connectivity index (χ0n) is 11.5. The SMILES string of the molecule is CCN(CC1CC1)C(=O)c1cc(C)c(C#CCN)s1. The van der Waals surface area contributed by atoms with E-state index in [9.17, 15) is 4.79 Å². The van der Waals surface area contributed by atoms with Gasteiger partial charge in [-0.15, -0.1) is 11.3 Å². The number of hydrogen-bond donors (Lipinski definition) is 1. The average Bonchev–Trinajstić information content (AvgIpc) is 3.15. The third-order valence-corrected chi connectivity index (χ3v) is 4.42. The molecule has 0 saturated heterocycles. The van der Waals surface area contributed by atoms with Crippen LogP contribution in [-0.2, 0) is 0 Å². The van der Waals surface area contributed by atoms with Gasteiger partial charge in [-0.05, 0) is 44.2 Å². The summed E-state index contributed by atoms with van der Waals surface area (Å²) >= 11 is 1.48. The van der Waals surface area contributed by atoms with Gasteiger partial charge in [-0.2, -0.15) is 0 Å². The summed E-state index contributed by atoms with van der Waals surface area (Å²) in [5.41, 5.74) is 6.45. The fraction of sp³-hybridized carbons (Fsp3) is 0.533. The number of nitrogens with two attached hydrogens (primary N) is 1. The molecule has 2 N–H and O–H groups in total. The van der Waals surface area contributed by atoms with E-state index in [0.717, 1.165) is 34.3 Å². The van der Waals surface area contributed by atoms with Crippen LogP contribution < -0.4 is 5.73 Å². The lowest BCUT2D eigenvalue weighted by molar-refractivity contribution is 0.0761. The van der Waals surface area contributed by atoms with E-state index < -0.39 is 0 Å². The second-order valence-electron chi connectivity index (χ2n) is 4.92. The second-order valence-corrected chi connectivity index (χ2v) is 5.97. The molecular formula is C15H20N2OS. The van der Waals surface area contributed by atoms with Crippen molar-refractivity contribution in [1.82, 2.24) is 4.90 Å². The van der Waals surface area contributed by atoms with Crippen molar-refractivity contribution in [2.45, 2.75) is 26.7 Å². The minimum absolute atomic E-state index is 0.142. The van der Waals surface area contributed by atoms with Crippen molar-refractivity contribution in [1.29, 1.82) is 0 Å². The third kappa shape index (κ3) is 3.59.